The van der Waals surface area contributed by atoms with Gasteiger partial charge in [-0.2, -0.15) is 0 Å². The Bertz CT molecular complexity index is 891. The Labute approximate surface area is 165 Å². The van der Waals surface area contributed by atoms with Gasteiger partial charge in [0, 0.05) is 12.5 Å². The number of rotatable bonds is 5. The molecule has 146 valence electrons. The maximum atomic E-state index is 13.3. The van der Waals surface area contributed by atoms with Crippen LogP contribution in [0.4, 0.5) is 0 Å². The Morgan fingerprint density at radius 2 is 1.79 bits per heavy atom. The third-order valence-electron chi connectivity index (χ3n) is 6.16. The van der Waals surface area contributed by atoms with Crippen molar-refractivity contribution < 1.29 is 19.1 Å². The van der Waals surface area contributed by atoms with Crippen molar-refractivity contribution >= 4 is 12.2 Å². The van der Waals surface area contributed by atoms with Gasteiger partial charge in [-0.25, -0.2) is 0 Å². The quantitative estimate of drug-likeness (QED) is 0.748. The monoisotopic (exact) mass is 379 g/mol. The van der Waals surface area contributed by atoms with E-state index >= 15 is 0 Å². The summed E-state index contributed by atoms with van der Waals surface area (Å²) in [6.45, 7) is 0.505. The van der Waals surface area contributed by atoms with E-state index in [2.05, 4.69) is 0 Å². The van der Waals surface area contributed by atoms with Crippen molar-refractivity contribution in [2.75, 3.05) is 20.8 Å². The van der Waals surface area contributed by atoms with E-state index in [-0.39, 0.29) is 11.8 Å². The van der Waals surface area contributed by atoms with Gasteiger partial charge < -0.3 is 14.4 Å². The fraction of sp³-hybridized carbons (Fsp3) is 0.391. The molecule has 1 unspecified atom stereocenters. The Morgan fingerprint density at radius 3 is 2.36 bits per heavy atom. The molecule has 1 heterocycles. The van der Waals surface area contributed by atoms with Crippen LogP contribution in [0.2, 0.25) is 0 Å². The number of benzene rings is 2. The third kappa shape index (κ3) is 2.68. The fourth-order valence-electron chi connectivity index (χ4n) is 4.40. The first-order valence-electron chi connectivity index (χ1n) is 9.74. The molecule has 0 N–H and O–H groups in total. The molecular weight excluding hydrogens is 354 g/mol. The van der Waals surface area contributed by atoms with Crippen molar-refractivity contribution in [1.82, 2.24) is 4.90 Å². The predicted molar refractivity (Wildman–Crippen MR) is 106 cm³/mol. The lowest BCUT2D eigenvalue weighted by Crippen LogP contribution is -2.57. The standard InChI is InChI=1S/C23H25NO4/c1-27-20-13-17-11-12-24(22(26)16-7-6-8-16)23(15-25,18-9-4-3-5-10-18)19(17)14-21(20)28-2/h3-5,9-10,13-16H,6-8,11-12H2,1-2H3. The third-order valence-corrected chi connectivity index (χ3v) is 6.16. The summed E-state index contributed by atoms with van der Waals surface area (Å²) in [5.74, 6) is 1.28. The molecule has 28 heavy (non-hydrogen) atoms. The van der Waals surface area contributed by atoms with Crippen molar-refractivity contribution in [2.45, 2.75) is 31.2 Å². The summed E-state index contributed by atoms with van der Waals surface area (Å²) in [5.41, 5.74) is 1.45. The molecule has 1 amide bonds. The van der Waals surface area contributed by atoms with Crippen molar-refractivity contribution in [3.05, 3.63) is 59.2 Å². The molecule has 0 saturated heterocycles. The van der Waals surface area contributed by atoms with Crippen LogP contribution in [-0.4, -0.2) is 37.9 Å². The van der Waals surface area contributed by atoms with Gasteiger partial charge in [-0.3, -0.25) is 9.59 Å². The van der Waals surface area contributed by atoms with Crippen LogP contribution in [0.3, 0.4) is 0 Å². The van der Waals surface area contributed by atoms with Crippen LogP contribution in [0.15, 0.2) is 42.5 Å². The summed E-state index contributed by atoms with van der Waals surface area (Å²) < 4.78 is 11.0. The largest absolute Gasteiger partial charge is 0.493 e. The van der Waals surface area contributed by atoms with E-state index in [9.17, 15) is 9.59 Å². The number of carbonyl (C=O) groups is 2. The van der Waals surface area contributed by atoms with E-state index in [1.807, 2.05) is 42.5 Å². The molecule has 1 fully saturated rings. The van der Waals surface area contributed by atoms with E-state index in [1.54, 1.807) is 19.1 Å². The second kappa shape index (κ2) is 7.30. The second-order valence-electron chi connectivity index (χ2n) is 7.48. The Morgan fingerprint density at radius 1 is 1.11 bits per heavy atom. The van der Waals surface area contributed by atoms with Crippen LogP contribution < -0.4 is 9.47 Å². The summed E-state index contributed by atoms with van der Waals surface area (Å²) in [7, 11) is 3.18. The average Bonchev–Trinajstić information content (AvgIpc) is 2.71. The van der Waals surface area contributed by atoms with E-state index in [4.69, 9.17) is 9.47 Å². The van der Waals surface area contributed by atoms with Crippen molar-refractivity contribution in [2.24, 2.45) is 5.92 Å². The molecule has 0 aromatic heterocycles. The van der Waals surface area contributed by atoms with Gasteiger partial charge in [-0.1, -0.05) is 36.8 Å². The van der Waals surface area contributed by atoms with Gasteiger partial charge >= 0.3 is 0 Å². The molecule has 1 aliphatic heterocycles. The van der Waals surface area contributed by atoms with Crippen LogP contribution in [-0.2, 0) is 21.5 Å². The summed E-state index contributed by atoms with van der Waals surface area (Å²) in [6.07, 6.45) is 4.47. The highest BCUT2D eigenvalue weighted by atomic mass is 16.5. The Balaban J connectivity index is 1.94. The first-order chi connectivity index (χ1) is 13.7. The highest BCUT2D eigenvalue weighted by Crippen LogP contribution is 2.45. The maximum absolute atomic E-state index is 13.3. The van der Waals surface area contributed by atoms with Crippen molar-refractivity contribution in [3.63, 3.8) is 0 Å². The van der Waals surface area contributed by atoms with E-state index < -0.39 is 5.54 Å². The molecule has 2 aromatic carbocycles. The first-order valence-corrected chi connectivity index (χ1v) is 9.74. The number of hydrogen-bond donors (Lipinski definition) is 0. The molecule has 2 aliphatic rings. The molecule has 2 aromatic rings. The van der Waals surface area contributed by atoms with Crippen LogP contribution >= 0.6 is 0 Å². The SMILES string of the molecule is COc1cc2c(cc1OC)C(C=O)(c1ccccc1)N(C(=O)C1CCC1)CC2. The Hall–Kier alpha value is -2.82. The minimum atomic E-state index is -1.15. The van der Waals surface area contributed by atoms with E-state index in [0.29, 0.717) is 24.5 Å². The smallest absolute Gasteiger partial charge is 0.227 e. The first kappa shape index (κ1) is 18.5. The average molecular weight is 379 g/mol. The van der Waals surface area contributed by atoms with Gasteiger partial charge in [-0.15, -0.1) is 0 Å². The molecule has 1 atom stereocenters. The number of fused-ring (bicyclic) bond motifs is 1. The van der Waals surface area contributed by atoms with E-state index in [0.717, 1.165) is 42.2 Å². The molecule has 5 heteroatoms. The van der Waals surface area contributed by atoms with Crippen LogP contribution in [0.1, 0.15) is 36.0 Å². The number of amides is 1. The van der Waals surface area contributed by atoms with Gasteiger partial charge in [0.15, 0.2) is 17.8 Å². The van der Waals surface area contributed by atoms with E-state index in [1.165, 1.54) is 0 Å². The number of nitrogens with zero attached hydrogens (tertiary/aromatic N) is 1. The summed E-state index contributed by atoms with van der Waals surface area (Å²) >= 11 is 0. The van der Waals surface area contributed by atoms with Crippen molar-refractivity contribution in [1.29, 1.82) is 0 Å². The molecule has 4 rings (SSSR count). The normalized spacial score (nSPS) is 21.4. The van der Waals surface area contributed by atoms with Gasteiger partial charge in [0.05, 0.1) is 14.2 Å². The van der Waals surface area contributed by atoms with Gasteiger partial charge in [-0.05, 0) is 48.1 Å². The number of methoxy groups -OCH3 is 2. The number of hydrogen-bond acceptors (Lipinski definition) is 4. The summed E-state index contributed by atoms with van der Waals surface area (Å²) in [4.78, 5) is 27.9. The van der Waals surface area contributed by atoms with Crippen molar-refractivity contribution in [3.8, 4) is 11.5 Å². The number of ether oxygens (including phenoxy) is 2. The zero-order valence-corrected chi connectivity index (χ0v) is 16.3. The Kier molecular flexibility index (Phi) is 4.84. The van der Waals surface area contributed by atoms with Gasteiger partial charge in [0.1, 0.15) is 5.54 Å². The van der Waals surface area contributed by atoms with Gasteiger partial charge in [0.25, 0.3) is 0 Å². The van der Waals surface area contributed by atoms with Crippen LogP contribution in [0, 0.1) is 5.92 Å². The molecule has 5 nitrogen and oxygen atoms in total. The lowest BCUT2D eigenvalue weighted by molar-refractivity contribution is -0.147. The topological polar surface area (TPSA) is 55.8 Å². The lowest BCUT2D eigenvalue weighted by Gasteiger charge is -2.47. The zero-order chi connectivity index (χ0) is 19.7. The van der Waals surface area contributed by atoms with Crippen LogP contribution in [0.5, 0.6) is 11.5 Å². The molecule has 0 radical (unpaired) electrons. The number of carbonyl (C=O) groups excluding carboxylic acids is 2. The predicted octanol–water partition coefficient (Wildman–Crippen LogP) is 3.33. The number of aldehydes is 1. The lowest BCUT2D eigenvalue weighted by atomic mass is 9.74. The summed E-state index contributed by atoms with van der Waals surface area (Å²) in [6, 6.07) is 13.3. The molecule has 1 saturated carbocycles. The van der Waals surface area contributed by atoms with Crippen LogP contribution in [0.25, 0.3) is 0 Å². The van der Waals surface area contributed by atoms with Gasteiger partial charge in [0.2, 0.25) is 5.91 Å². The molecule has 0 bridgehead atoms. The molecule has 1 aliphatic carbocycles. The highest BCUT2D eigenvalue weighted by molar-refractivity contribution is 5.89. The maximum Gasteiger partial charge on any atom is 0.227 e. The zero-order valence-electron chi connectivity index (χ0n) is 16.3. The molecule has 0 spiro atoms. The fourth-order valence-corrected chi connectivity index (χ4v) is 4.40. The highest BCUT2D eigenvalue weighted by Gasteiger charge is 2.49. The second-order valence-corrected chi connectivity index (χ2v) is 7.48. The minimum absolute atomic E-state index is 0.0183. The summed E-state index contributed by atoms with van der Waals surface area (Å²) in [5, 5.41) is 0. The minimum Gasteiger partial charge on any atom is -0.493 e. The molecular formula is C23H25NO4.